The van der Waals surface area contributed by atoms with Gasteiger partial charge in [0, 0.05) is 39.0 Å². The van der Waals surface area contributed by atoms with Gasteiger partial charge in [-0.15, -0.1) is 0 Å². The average molecular weight is 1690 g/mol. The highest BCUT2D eigenvalue weighted by Gasteiger charge is 2.58. The molecule has 0 aliphatic heterocycles. The van der Waals surface area contributed by atoms with E-state index in [1.165, 1.54) is 189 Å². The maximum atomic E-state index is 2.69. The molecule has 0 heterocycles. The Hall–Kier alpha value is -16.0. The molecule has 0 atom stereocenters. The summed E-state index contributed by atoms with van der Waals surface area (Å²) in [6.07, 6.45) is 0. The highest BCUT2D eigenvalue weighted by Crippen LogP contribution is 2.72. The van der Waals surface area contributed by atoms with Crippen LogP contribution in [0.5, 0.6) is 0 Å². The first-order valence-electron chi connectivity index (χ1n) is 47.1. The zero-order valence-corrected chi connectivity index (χ0v) is 75.1. The van der Waals surface area contributed by atoms with E-state index in [2.05, 4.69) is 500 Å². The molecule has 133 heavy (non-hydrogen) atoms. The van der Waals surface area contributed by atoms with Gasteiger partial charge in [-0.1, -0.05) is 412 Å². The van der Waals surface area contributed by atoms with E-state index in [0.29, 0.717) is 0 Å². The predicted molar refractivity (Wildman–Crippen MR) is 554 cm³/mol. The van der Waals surface area contributed by atoms with Gasteiger partial charge < -0.3 is 9.80 Å². The Morgan fingerprint density at radius 1 is 0.143 bits per heavy atom. The van der Waals surface area contributed by atoms with E-state index < -0.39 is 21.7 Å². The SMILES string of the molecule is CC1(C)c2ccccc2-c2ccc(N(c3cc(-c4ccccc4)cc(-c4ccccc4)c3)c3cc4c(c5c3C(C)(C)c3cc(-c6ccc(-c7ccc(N(c8cc(-c9ccccc9)cc(-c9ccccc9)c8)c8cc9c(c%10c8C(C)(C)c8ccccc8-%10)-c8ccccc8C98c9ccccc9-c9ccccc98)cc7)cc6)ccc3-5)-c3ccccc3C43c4ccccc4-c4ccccc43)cc21. The van der Waals surface area contributed by atoms with Crippen molar-refractivity contribution in [3.63, 3.8) is 0 Å². The van der Waals surface area contributed by atoms with Crippen molar-refractivity contribution < 1.29 is 0 Å². The third kappa shape index (κ3) is 10.8. The van der Waals surface area contributed by atoms with Crippen molar-refractivity contribution in [1.29, 1.82) is 0 Å². The van der Waals surface area contributed by atoms with Gasteiger partial charge in [0.15, 0.2) is 0 Å². The van der Waals surface area contributed by atoms with Crippen LogP contribution in [-0.2, 0) is 27.1 Å². The van der Waals surface area contributed by atoms with Gasteiger partial charge in [0.1, 0.15) is 0 Å². The summed E-state index contributed by atoms with van der Waals surface area (Å²) in [5, 5.41) is 0. The molecule has 0 bridgehead atoms. The fourth-order valence-electron chi connectivity index (χ4n) is 25.6. The molecule has 0 fully saturated rings. The summed E-state index contributed by atoms with van der Waals surface area (Å²) in [5.74, 6) is 0. The second-order valence-electron chi connectivity index (χ2n) is 39.2. The van der Waals surface area contributed by atoms with Gasteiger partial charge in [-0.25, -0.2) is 0 Å². The lowest BCUT2D eigenvalue weighted by Crippen LogP contribution is -2.27. The van der Waals surface area contributed by atoms with Crippen LogP contribution < -0.4 is 9.80 Å². The first-order chi connectivity index (χ1) is 65.2. The molecular formula is C131H92N2. The first-order valence-corrected chi connectivity index (χ1v) is 47.1. The number of hydrogen-bond donors (Lipinski definition) is 0. The van der Waals surface area contributed by atoms with E-state index in [4.69, 9.17) is 0 Å². The van der Waals surface area contributed by atoms with Crippen LogP contribution in [0.25, 0.3) is 145 Å². The average Bonchev–Trinajstić information content (AvgIpc) is 1.49. The van der Waals surface area contributed by atoms with Crippen molar-refractivity contribution in [3.8, 4) is 145 Å². The number of benzene rings is 20. The first kappa shape index (κ1) is 77.0. The highest BCUT2D eigenvalue weighted by atomic mass is 15.2. The number of anilines is 6. The molecule has 0 N–H and O–H groups in total. The van der Waals surface area contributed by atoms with E-state index in [0.717, 1.165) is 67.3 Å². The quantitative estimate of drug-likeness (QED) is 0.120. The molecular weight excluding hydrogens is 1600 g/mol. The number of fused-ring (bicyclic) bond motifs is 31. The van der Waals surface area contributed by atoms with Crippen molar-refractivity contribution in [2.45, 2.75) is 68.6 Å². The molecule has 626 valence electrons. The number of hydrogen-bond acceptors (Lipinski definition) is 2. The van der Waals surface area contributed by atoms with Gasteiger partial charge in [-0.3, -0.25) is 0 Å². The van der Waals surface area contributed by atoms with Crippen molar-refractivity contribution >= 4 is 34.1 Å². The third-order valence-corrected chi connectivity index (χ3v) is 31.4. The predicted octanol–water partition coefficient (Wildman–Crippen LogP) is 34.2. The summed E-state index contributed by atoms with van der Waals surface area (Å²) in [4.78, 5) is 5.32. The van der Waals surface area contributed by atoms with Crippen molar-refractivity contribution in [3.05, 3.63) is 527 Å². The standard InChI is InChI=1S/C131H92N2/c1-127(2)107-51-27-19-43-97(107)102-70-68-94(78-116(102)127)133(96-75-91(83-39-15-9-16-40-83)72-92(76-96)84-41-17-10-18-42-84)120-80-118-122(105-50-26-34-58-114(105)131(118)111-55-31-22-46-100(111)101-47-23-32-56-112(101)131)124-106-69-65-88(77-115(106)129(5,6)126(120)124)87-61-59-85(60-62-87)86-63-66-93(67-64-86)132(95-73-89(81-35-11-7-12-36-81)71-90(74-95)82-37-13-8-14-38-82)119-79-117-121(123-103-48-24-28-52-108(103)128(3,4)125(119)123)104-49-25-33-57-113(104)130(117)109-53-29-20-44-98(109)99-45-21-30-54-110(99)130/h7-80H,1-6H3. The van der Waals surface area contributed by atoms with Crippen molar-refractivity contribution in [1.82, 2.24) is 0 Å². The third-order valence-electron chi connectivity index (χ3n) is 31.4. The maximum Gasteiger partial charge on any atom is 0.0726 e. The fourth-order valence-corrected chi connectivity index (χ4v) is 25.6. The second kappa shape index (κ2) is 28.5. The van der Waals surface area contributed by atoms with Gasteiger partial charge in [-0.05, 0) is 301 Å². The molecule has 0 unspecified atom stereocenters. The summed E-state index contributed by atoms with van der Waals surface area (Å²) in [6.45, 7) is 14.8. The molecule has 2 heteroatoms. The largest absolute Gasteiger partial charge is 0.310 e. The smallest absolute Gasteiger partial charge is 0.0726 e. The van der Waals surface area contributed by atoms with Gasteiger partial charge in [0.2, 0.25) is 0 Å². The maximum absolute atomic E-state index is 2.69. The normalized spacial score (nSPS) is 14.7. The minimum atomic E-state index is -0.645. The van der Waals surface area contributed by atoms with E-state index in [1.54, 1.807) is 0 Å². The Labute approximate surface area is 778 Å². The van der Waals surface area contributed by atoms with Crippen LogP contribution in [0.1, 0.15) is 119 Å². The summed E-state index contributed by atoms with van der Waals surface area (Å²) in [7, 11) is 0. The highest BCUT2D eigenvalue weighted by molar-refractivity contribution is 6.10. The molecule has 20 aromatic rings. The summed E-state index contributed by atoms with van der Waals surface area (Å²) in [6, 6.07) is 172. The zero-order valence-electron chi connectivity index (χ0n) is 75.1. The van der Waals surface area contributed by atoms with Crippen LogP contribution >= 0.6 is 0 Å². The zero-order chi connectivity index (χ0) is 88.5. The summed E-state index contributed by atoms with van der Waals surface area (Å²) >= 11 is 0. The molecule has 0 amide bonds. The minimum absolute atomic E-state index is 0.271. The molecule has 2 spiro atoms. The lowest BCUT2D eigenvalue weighted by molar-refractivity contribution is 0.658. The molecule has 27 rings (SSSR count). The van der Waals surface area contributed by atoms with Crippen LogP contribution in [0.4, 0.5) is 34.1 Å². The molecule has 20 aromatic carbocycles. The lowest BCUT2D eigenvalue weighted by Gasteiger charge is -2.36. The Morgan fingerprint density at radius 3 is 0.782 bits per heavy atom. The van der Waals surface area contributed by atoms with E-state index >= 15 is 0 Å². The van der Waals surface area contributed by atoms with E-state index in [9.17, 15) is 0 Å². The molecule has 2 nitrogen and oxygen atoms in total. The minimum Gasteiger partial charge on any atom is -0.310 e. The summed E-state index contributed by atoms with van der Waals surface area (Å²) < 4.78 is 0. The van der Waals surface area contributed by atoms with Gasteiger partial charge in [0.05, 0.1) is 22.2 Å². The van der Waals surface area contributed by atoms with Crippen LogP contribution in [0, 0.1) is 0 Å². The molecule has 0 radical (unpaired) electrons. The second-order valence-corrected chi connectivity index (χ2v) is 39.2. The topological polar surface area (TPSA) is 6.48 Å². The van der Waals surface area contributed by atoms with Crippen molar-refractivity contribution in [2.24, 2.45) is 0 Å². The van der Waals surface area contributed by atoms with Crippen molar-refractivity contribution in [2.75, 3.05) is 9.80 Å². The fraction of sp³-hybridized carbons (Fsp3) is 0.0840. The van der Waals surface area contributed by atoms with Crippen LogP contribution in [-0.4, -0.2) is 0 Å². The Bertz CT molecular complexity index is 8110. The Kier molecular flexibility index (Phi) is 16.5. The van der Waals surface area contributed by atoms with Gasteiger partial charge in [-0.2, -0.15) is 0 Å². The Balaban J connectivity index is 0.639. The molecule has 7 aliphatic carbocycles. The van der Waals surface area contributed by atoms with E-state index in [-0.39, 0.29) is 5.41 Å². The Morgan fingerprint density at radius 2 is 0.391 bits per heavy atom. The summed E-state index contributed by atoms with van der Waals surface area (Å²) in [5.41, 5.74) is 54.9. The van der Waals surface area contributed by atoms with Crippen LogP contribution in [0.2, 0.25) is 0 Å². The number of rotatable bonds is 12. The number of nitrogens with zero attached hydrogens (tertiary/aromatic N) is 2. The molecule has 0 aromatic heterocycles. The van der Waals surface area contributed by atoms with Crippen LogP contribution in [0.3, 0.4) is 0 Å². The van der Waals surface area contributed by atoms with Crippen LogP contribution in [0.15, 0.2) is 449 Å². The molecule has 0 saturated carbocycles. The lowest BCUT2D eigenvalue weighted by atomic mass is 9.69. The van der Waals surface area contributed by atoms with Gasteiger partial charge in [0.25, 0.3) is 0 Å². The molecule has 7 aliphatic rings. The molecule has 0 saturated heterocycles. The monoisotopic (exact) mass is 1690 g/mol. The van der Waals surface area contributed by atoms with E-state index in [1.807, 2.05) is 0 Å². The van der Waals surface area contributed by atoms with Gasteiger partial charge >= 0.3 is 0 Å².